The van der Waals surface area contributed by atoms with Gasteiger partial charge in [-0.2, -0.15) is 12.6 Å². The average molecular weight is 219 g/mol. The molecule has 1 aromatic carbocycles. The number of halogens is 1. The molecule has 0 aliphatic carbocycles. The molecule has 0 bridgehead atoms. The summed E-state index contributed by atoms with van der Waals surface area (Å²) in [5, 5.41) is 10.2. The third-order valence-corrected chi connectivity index (χ3v) is 2.16. The van der Waals surface area contributed by atoms with Crippen molar-refractivity contribution in [1.29, 1.82) is 0 Å². The number of ether oxygens (including phenoxy) is 1. The molecular formula is C9H11ClO2S. The standard InChI is InChI=1S/C9H11ClO2S/c1-12-8-5-7(10)4-6(2-3-13)9(8)11/h4-5,11,13H,2-3H2,1H3. The van der Waals surface area contributed by atoms with E-state index in [4.69, 9.17) is 16.3 Å². The first-order valence-corrected chi connectivity index (χ1v) is 4.86. The molecule has 0 heterocycles. The minimum atomic E-state index is 0.154. The minimum absolute atomic E-state index is 0.154. The maximum absolute atomic E-state index is 9.63. The van der Waals surface area contributed by atoms with Crippen molar-refractivity contribution in [2.24, 2.45) is 0 Å². The molecule has 2 nitrogen and oxygen atoms in total. The highest BCUT2D eigenvalue weighted by atomic mass is 35.5. The SMILES string of the molecule is COc1cc(Cl)cc(CCS)c1O. The Morgan fingerprint density at radius 1 is 1.54 bits per heavy atom. The summed E-state index contributed by atoms with van der Waals surface area (Å²) in [7, 11) is 1.50. The van der Waals surface area contributed by atoms with Gasteiger partial charge in [0.15, 0.2) is 11.5 Å². The van der Waals surface area contributed by atoms with Crippen molar-refractivity contribution in [3.8, 4) is 11.5 Å². The van der Waals surface area contributed by atoms with Crippen LogP contribution in [0.1, 0.15) is 5.56 Å². The number of hydrogen-bond donors (Lipinski definition) is 2. The van der Waals surface area contributed by atoms with Crippen LogP contribution >= 0.6 is 24.2 Å². The summed E-state index contributed by atoms with van der Waals surface area (Å²) in [6.45, 7) is 0. The van der Waals surface area contributed by atoms with Gasteiger partial charge in [0.1, 0.15) is 0 Å². The van der Waals surface area contributed by atoms with Crippen LogP contribution in [0.4, 0.5) is 0 Å². The predicted molar refractivity (Wildman–Crippen MR) is 57.2 cm³/mol. The Morgan fingerprint density at radius 3 is 2.77 bits per heavy atom. The fraction of sp³-hybridized carbons (Fsp3) is 0.333. The van der Waals surface area contributed by atoms with E-state index in [0.29, 0.717) is 22.9 Å². The monoisotopic (exact) mass is 218 g/mol. The lowest BCUT2D eigenvalue weighted by molar-refractivity contribution is 0.371. The van der Waals surface area contributed by atoms with Crippen LogP contribution in [0.2, 0.25) is 5.02 Å². The summed E-state index contributed by atoms with van der Waals surface area (Å²) < 4.78 is 4.95. The first kappa shape index (κ1) is 10.5. The Bertz CT molecular complexity index is 302. The predicted octanol–water partition coefficient (Wildman–Crippen LogP) is 2.53. The summed E-state index contributed by atoms with van der Waals surface area (Å²) in [6, 6.07) is 3.30. The molecule has 1 rings (SSSR count). The molecule has 0 aliphatic heterocycles. The van der Waals surface area contributed by atoms with Gasteiger partial charge in [-0.3, -0.25) is 0 Å². The second-order valence-electron chi connectivity index (χ2n) is 2.59. The van der Waals surface area contributed by atoms with Crippen LogP contribution < -0.4 is 4.74 Å². The van der Waals surface area contributed by atoms with Gasteiger partial charge < -0.3 is 9.84 Å². The van der Waals surface area contributed by atoms with Crippen LogP contribution in [0, 0.1) is 0 Å². The minimum Gasteiger partial charge on any atom is -0.504 e. The van der Waals surface area contributed by atoms with Gasteiger partial charge in [-0.15, -0.1) is 0 Å². The Labute approximate surface area is 87.9 Å². The molecule has 0 aromatic heterocycles. The summed E-state index contributed by atoms with van der Waals surface area (Å²) in [5.41, 5.74) is 0.763. The maximum Gasteiger partial charge on any atom is 0.162 e. The van der Waals surface area contributed by atoms with E-state index in [2.05, 4.69) is 12.6 Å². The largest absolute Gasteiger partial charge is 0.504 e. The molecule has 0 unspecified atom stereocenters. The molecule has 0 atom stereocenters. The zero-order valence-corrected chi connectivity index (χ0v) is 8.90. The van der Waals surface area contributed by atoms with Crippen LogP contribution in [-0.2, 0) is 6.42 Å². The second kappa shape index (κ2) is 4.63. The third-order valence-electron chi connectivity index (χ3n) is 1.72. The molecule has 13 heavy (non-hydrogen) atoms. The van der Waals surface area contributed by atoms with E-state index in [9.17, 15) is 5.11 Å². The molecule has 1 aromatic rings. The van der Waals surface area contributed by atoms with E-state index in [1.54, 1.807) is 12.1 Å². The average Bonchev–Trinajstić information content (AvgIpc) is 2.11. The van der Waals surface area contributed by atoms with Crippen molar-refractivity contribution in [3.63, 3.8) is 0 Å². The summed E-state index contributed by atoms with van der Waals surface area (Å²) in [6.07, 6.45) is 0.672. The van der Waals surface area contributed by atoms with Crippen molar-refractivity contribution in [1.82, 2.24) is 0 Å². The molecule has 0 saturated carbocycles. The highest BCUT2D eigenvalue weighted by molar-refractivity contribution is 7.80. The van der Waals surface area contributed by atoms with E-state index in [-0.39, 0.29) is 5.75 Å². The van der Waals surface area contributed by atoms with Gasteiger partial charge in [-0.05, 0) is 18.2 Å². The summed E-state index contributed by atoms with van der Waals surface area (Å²) in [4.78, 5) is 0. The third kappa shape index (κ3) is 2.45. The molecule has 0 aliphatic rings. The van der Waals surface area contributed by atoms with Gasteiger partial charge in [-0.25, -0.2) is 0 Å². The fourth-order valence-corrected chi connectivity index (χ4v) is 1.57. The van der Waals surface area contributed by atoms with Crippen molar-refractivity contribution < 1.29 is 9.84 Å². The van der Waals surface area contributed by atoms with Crippen molar-refractivity contribution in [2.45, 2.75) is 6.42 Å². The normalized spacial score (nSPS) is 10.1. The Kier molecular flexibility index (Phi) is 3.75. The van der Waals surface area contributed by atoms with E-state index < -0.39 is 0 Å². The Hall–Kier alpha value is -0.540. The number of thiol groups is 1. The number of rotatable bonds is 3. The van der Waals surface area contributed by atoms with Crippen LogP contribution in [0.15, 0.2) is 12.1 Å². The van der Waals surface area contributed by atoms with Gasteiger partial charge >= 0.3 is 0 Å². The lowest BCUT2D eigenvalue weighted by Gasteiger charge is -2.08. The smallest absolute Gasteiger partial charge is 0.162 e. The zero-order valence-electron chi connectivity index (χ0n) is 7.25. The molecule has 0 spiro atoms. The van der Waals surface area contributed by atoms with E-state index in [0.717, 1.165) is 5.56 Å². The molecule has 0 radical (unpaired) electrons. The van der Waals surface area contributed by atoms with Crippen molar-refractivity contribution >= 4 is 24.2 Å². The van der Waals surface area contributed by atoms with E-state index >= 15 is 0 Å². The molecule has 0 amide bonds. The zero-order chi connectivity index (χ0) is 9.84. The topological polar surface area (TPSA) is 29.5 Å². The van der Waals surface area contributed by atoms with Crippen LogP contribution in [0.25, 0.3) is 0 Å². The lowest BCUT2D eigenvalue weighted by Crippen LogP contribution is -1.91. The second-order valence-corrected chi connectivity index (χ2v) is 3.47. The molecule has 0 fully saturated rings. The van der Waals surface area contributed by atoms with Gasteiger partial charge in [0.05, 0.1) is 7.11 Å². The highest BCUT2D eigenvalue weighted by Gasteiger charge is 2.08. The highest BCUT2D eigenvalue weighted by Crippen LogP contribution is 2.33. The molecule has 4 heteroatoms. The number of phenolic OH excluding ortho intramolecular Hbond substituents is 1. The first-order valence-electron chi connectivity index (χ1n) is 3.85. The van der Waals surface area contributed by atoms with Crippen LogP contribution in [0.3, 0.4) is 0 Å². The summed E-state index contributed by atoms with van der Waals surface area (Å²) in [5.74, 6) is 1.22. The van der Waals surface area contributed by atoms with Gasteiger partial charge in [-0.1, -0.05) is 11.6 Å². The number of aryl methyl sites for hydroxylation is 1. The summed E-state index contributed by atoms with van der Waals surface area (Å²) >= 11 is 9.90. The number of methoxy groups -OCH3 is 1. The Morgan fingerprint density at radius 2 is 2.23 bits per heavy atom. The van der Waals surface area contributed by atoms with Crippen molar-refractivity contribution in [2.75, 3.05) is 12.9 Å². The van der Waals surface area contributed by atoms with Gasteiger partial charge in [0, 0.05) is 16.7 Å². The maximum atomic E-state index is 9.63. The van der Waals surface area contributed by atoms with E-state index in [1.807, 2.05) is 0 Å². The number of phenols is 1. The van der Waals surface area contributed by atoms with Gasteiger partial charge in [0.25, 0.3) is 0 Å². The lowest BCUT2D eigenvalue weighted by atomic mass is 10.1. The molecule has 1 N–H and O–H groups in total. The quantitative estimate of drug-likeness (QED) is 0.764. The molecular weight excluding hydrogens is 208 g/mol. The van der Waals surface area contributed by atoms with Crippen LogP contribution in [0.5, 0.6) is 11.5 Å². The molecule has 0 saturated heterocycles. The van der Waals surface area contributed by atoms with Gasteiger partial charge in [0.2, 0.25) is 0 Å². The number of hydrogen-bond acceptors (Lipinski definition) is 3. The first-order chi connectivity index (χ1) is 6.19. The molecule has 72 valence electrons. The number of aromatic hydroxyl groups is 1. The van der Waals surface area contributed by atoms with E-state index in [1.165, 1.54) is 7.11 Å². The number of benzene rings is 1. The Balaban J connectivity index is 3.11. The van der Waals surface area contributed by atoms with Crippen molar-refractivity contribution in [3.05, 3.63) is 22.7 Å². The fourth-order valence-electron chi connectivity index (χ4n) is 1.09. The van der Waals surface area contributed by atoms with Crippen LogP contribution in [-0.4, -0.2) is 18.0 Å².